The molecule has 0 aliphatic rings. The molecule has 2 aromatic carbocycles. The lowest BCUT2D eigenvalue weighted by Crippen LogP contribution is -2.29. The molecule has 2 aromatic rings. The highest BCUT2D eigenvalue weighted by Gasteiger charge is 2.31. The molecular formula is C20H24F3NO2. The SMILES string of the molecule is COc1cccc([C@H](C)N[C@H](C)CCc2cccc(OC(F)(F)F)c2)c1. The number of ether oxygens (including phenoxy) is 2. The molecule has 3 nitrogen and oxygen atoms in total. The molecule has 6 heteroatoms. The van der Waals surface area contributed by atoms with Crippen molar-refractivity contribution in [3.8, 4) is 11.5 Å². The number of halogens is 3. The standard InChI is InChI=1S/C20H24F3NO2/c1-14(24-15(2)17-7-5-8-18(13-17)25-3)10-11-16-6-4-9-19(12-16)26-20(21,22)23/h4-9,12-15,24H,10-11H2,1-3H3/t14-,15+/m1/s1. The zero-order valence-corrected chi connectivity index (χ0v) is 15.1. The number of hydrogen-bond donors (Lipinski definition) is 1. The van der Waals surface area contributed by atoms with Crippen molar-refractivity contribution >= 4 is 0 Å². The van der Waals surface area contributed by atoms with Crippen LogP contribution < -0.4 is 14.8 Å². The lowest BCUT2D eigenvalue weighted by atomic mass is 10.0. The molecule has 0 saturated heterocycles. The van der Waals surface area contributed by atoms with E-state index in [1.807, 2.05) is 24.3 Å². The molecular weight excluding hydrogens is 343 g/mol. The van der Waals surface area contributed by atoms with E-state index >= 15 is 0 Å². The third kappa shape index (κ3) is 6.59. The van der Waals surface area contributed by atoms with Crippen LogP contribution in [0.4, 0.5) is 13.2 Å². The summed E-state index contributed by atoms with van der Waals surface area (Å²) in [6, 6.07) is 14.3. The van der Waals surface area contributed by atoms with E-state index in [4.69, 9.17) is 4.74 Å². The first-order valence-electron chi connectivity index (χ1n) is 8.51. The summed E-state index contributed by atoms with van der Waals surface area (Å²) in [7, 11) is 1.64. The first-order chi connectivity index (χ1) is 12.3. The Balaban J connectivity index is 1.88. The van der Waals surface area contributed by atoms with Gasteiger partial charge in [0.15, 0.2) is 0 Å². The summed E-state index contributed by atoms with van der Waals surface area (Å²) < 4.78 is 46.1. The third-order valence-corrected chi connectivity index (χ3v) is 4.13. The smallest absolute Gasteiger partial charge is 0.497 e. The Labute approximate surface area is 152 Å². The van der Waals surface area contributed by atoms with Crippen LogP contribution in [-0.2, 0) is 6.42 Å². The summed E-state index contributed by atoms with van der Waals surface area (Å²) in [5, 5.41) is 3.50. The van der Waals surface area contributed by atoms with Gasteiger partial charge in [0.05, 0.1) is 7.11 Å². The number of methoxy groups -OCH3 is 1. The van der Waals surface area contributed by atoms with Gasteiger partial charge in [0.25, 0.3) is 0 Å². The molecule has 142 valence electrons. The van der Waals surface area contributed by atoms with Crippen molar-refractivity contribution in [2.75, 3.05) is 7.11 Å². The molecule has 0 amide bonds. The van der Waals surface area contributed by atoms with Crippen LogP contribution in [0.5, 0.6) is 11.5 Å². The molecule has 2 atom stereocenters. The first kappa shape index (κ1) is 20.1. The van der Waals surface area contributed by atoms with E-state index in [1.165, 1.54) is 12.1 Å². The normalized spacial score (nSPS) is 13.9. The van der Waals surface area contributed by atoms with Crippen LogP contribution in [0.3, 0.4) is 0 Å². The van der Waals surface area contributed by atoms with E-state index in [9.17, 15) is 13.2 Å². The lowest BCUT2D eigenvalue weighted by molar-refractivity contribution is -0.274. The van der Waals surface area contributed by atoms with Gasteiger partial charge in [-0.3, -0.25) is 0 Å². The van der Waals surface area contributed by atoms with Crippen molar-refractivity contribution in [3.63, 3.8) is 0 Å². The van der Waals surface area contributed by atoms with E-state index in [0.29, 0.717) is 6.42 Å². The number of benzene rings is 2. The van der Waals surface area contributed by atoms with E-state index in [2.05, 4.69) is 23.9 Å². The summed E-state index contributed by atoms with van der Waals surface area (Å²) in [6.45, 7) is 4.13. The minimum Gasteiger partial charge on any atom is -0.497 e. The Kier molecular flexibility index (Phi) is 6.91. The molecule has 0 spiro atoms. The molecule has 1 N–H and O–H groups in total. The van der Waals surface area contributed by atoms with Gasteiger partial charge in [-0.15, -0.1) is 13.2 Å². The number of alkyl halides is 3. The number of rotatable bonds is 8. The number of nitrogens with one attached hydrogen (secondary N) is 1. The second-order valence-electron chi connectivity index (χ2n) is 6.30. The fourth-order valence-electron chi connectivity index (χ4n) is 2.80. The van der Waals surface area contributed by atoms with Gasteiger partial charge in [0.2, 0.25) is 0 Å². The maximum Gasteiger partial charge on any atom is 0.573 e. The average molecular weight is 367 g/mol. The fraction of sp³-hybridized carbons (Fsp3) is 0.400. The lowest BCUT2D eigenvalue weighted by Gasteiger charge is -2.21. The van der Waals surface area contributed by atoms with Gasteiger partial charge in [-0.25, -0.2) is 0 Å². The second kappa shape index (κ2) is 8.94. The van der Waals surface area contributed by atoms with Gasteiger partial charge < -0.3 is 14.8 Å². The molecule has 0 aromatic heterocycles. The average Bonchev–Trinajstić information content (AvgIpc) is 2.59. The monoisotopic (exact) mass is 367 g/mol. The van der Waals surface area contributed by atoms with Crippen LogP contribution in [-0.4, -0.2) is 19.5 Å². The number of aryl methyl sites for hydroxylation is 1. The van der Waals surface area contributed by atoms with Crippen LogP contribution in [0.25, 0.3) is 0 Å². The van der Waals surface area contributed by atoms with Crippen molar-refractivity contribution in [2.45, 2.75) is 45.1 Å². The van der Waals surface area contributed by atoms with E-state index in [1.54, 1.807) is 19.2 Å². The van der Waals surface area contributed by atoms with Gasteiger partial charge >= 0.3 is 6.36 Å². The summed E-state index contributed by atoms with van der Waals surface area (Å²) in [6.07, 6.45) is -3.21. The van der Waals surface area contributed by atoms with Crippen LogP contribution >= 0.6 is 0 Å². The molecule has 0 aliphatic heterocycles. The van der Waals surface area contributed by atoms with Gasteiger partial charge in [0, 0.05) is 12.1 Å². The molecule has 0 aliphatic carbocycles. The molecule has 0 heterocycles. The molecule has 0 unspecified atom stereocenters. The summed E-state index contributed by atoms with van der Waals surface area (Å²) in [5.41, 5.74) is 1.94. The molecule has 2 rings (SSSR count). The highest BCUT2D eigenvalue weighted by Crippen LogP contribution is 2.24. The topological polar surface area (TPSA) is 30.5 Å². The summed E-state index contributed by atoms with van der Waals surface area (Å²) in [5.74, 6) is 0.630. The van der Waals surface area contributed by atoms with Crippen LogP contribution in [0, 0.1) is 0 Å². The maximum atomic E-state index is 12.3. The first-order valence-corrected chi connectivity index (χ1v) is 8.51. The largest absolute Gasteiger partial charge is 0.573 e. The Morgan fingerprint density at radius 1 is 1.00 bits per heavy atom. The predicted molar refractivity (Wildman–Crippen MR) is 95.5 cm³/mol. The summed E-state index contributed by atoms with van der Waals surface area (Å²) >= 11 is 0. The summed E-state index contributed by atoms with van der Waals surface area (Å²) in [4.78, 5) is 0. The van der Waals surface area contributed by atoms with Crippen molar-refractivity contribution in [2.24, 2.45) is 0 Å². The van der Waals surface area contributed by atoms with Crippen molar-refractivity contribution in [1.82, 2.24) is 5.32 Å². The molecule has 0 bridgehead atoms. The number of hydrogen-bond acceptors (Lipinski definition) is 3. The van der Waals surface area contributed by atoms with Crippen LogP contribution in [0.15, 0.2) is 48.5 Å². The van der Waals surface area contributed by atoms with E-state index in [-0.39, 0.29) is 17.8 Å². The van der Waals surface area contributed by atoms with Gasteiger partial charge in [-0.1, -0.05) is 24.3 Å². The zero-order valence-electron chi connectivity index (χ0n) is 15.1. The Hall–Kier alpha value is -2.21. The highest BCUT2D eigenvalue weighted by molar-refractivity contribution is 5.30. The molecule has 26 heavy (non-hydrogen) atoms. The fourth-order valence-corrected chi connectivity index (χ4v) is 2.80. The maximum absolute atomic E-state index is 12.3. The van der Waals surface area contributed by atoms with Crippen molar-refractivity contribution < 1.29 is 22.6 Å². The quantitative estimate of drug-likeness (QED) is 0.690. The Morgan fingerprint density at radius 2 is 1.69 bits per heavy atom. The van der Waals surface area contributed by atoms with Gasteiger partial charge in [-0.05, 0) is 62.1 Å². The minimum atomic E-state index is -4.67. The van der Waals surface area contributed by atoms with Gasteiger partial charge in [0.1, 0.15) is 11.5 Å². The van der Waals surface area contributed by atoms with Crippen LogP contribution in [0.2, 0.25) is 0 Å². The molecule has 0 radical (unpaired) electrons. The molecule has 0 saturated carbocycles. The highest BCUT2D eigenvalue weighted by atomic mass is 19.4. The zero-order chi connectivity index (χ0) is 19.2. The Morgan fingerprint density at radius 3 is 2.38 bits per heavy atom. The van der Waals surface area contributed by atoms with Crippen molar-refractivity contribution in [1.29, 1.82) is 0 Å². The third-order valence-electron chi connectivity index (χ3n) is 4.13. The van der Waals surface area contributed by atoms with Gasteiger partial charge in [-0.2, -0.15) is 0 Å². The van der Waals surface area contributed by atoms with Crippen LogP contribution in [0.1, 0.15) is 37.4 Å². The second-order valence-corrected chi connectivity index (χ2v) is 6.30. The predicted octanol–water partition coefficient (Wildman–Crippen LogP) is 5.27. The Bertz CT molecular complexity index is 703. The molecule has 0 fully saturated rings. The van der Waals surface area contributed by atoms with E-state index < -0.39 is 6.36 Å². The van der Waals surface area contributed by atoms with Crippen molar-refractivity contribution in [3.05, 3.63) is 59.7 Å². The minimum absolute atomic E-state index is 0.139. The van der Waals surface area contributed by atoms with E-state index in [0.717, 1.165) is 23.3 Å².